The molecule has 2 rings (SSSR count). The lowest BCUT2D eigenvalue weighted by Crippen LogP contribution is -2.00. The number of aryl methyl sites for hydroxylation is 1. The van der Waals surface area contributed by atoms with E-state index < -0.39 is 5.97 Å². The molecule has 0 aromatic heterocycles. The Balaban J connectivity index is 2.04. The molecular formula is C18H20O3. The van der Waals surface area contributed by atoms with Crippen LogP contribution in [-0.2, 0) is 6.61 Å². The minimum atomic E-state index is -0.922. The van der Waals surface area contributed by atoms with Crippen LogP contribution in [0.2, 0.25) is 0 Å². The molecule has 0 bridgehead atoms. The van der Waals surface area contributed by atoms with E-state index in [0.29, 0.717) is 18.3 Å². The first-order valence-corrected chi connectivity index (χ1v) is 7.03. The van der Waals surface area contributed by atoms with Gasteiger partial charge in [-0.25, -0.2) is 4.79 Å². The number of carboxylic acids is 1. The van der Waals surface area contributed by atoms with Crippen molar-refractivity contribution in [2.75, 3.05) is 0 Å². The standard InChI is InChI=1S/C18H20O3/c1-12(2)15-6-4-14(5-7-15)11-21-17-9-8-16(18(19)20)10-13(17)3/h4-10,12H,11H2,1-3H3,(H,19,20). The second-order valence-electron chi connectivity index (χ2n) is 5.47. The fourth-order valence-corrected chi connectivity index (χ4v) is 2.10. The molecule has 3 nitrogen and oxygen atoms in total. The molecule has 2 aromatic carbocycles. The number of rotatable bonds is 5. The molecule has 0 unspecified atom stereocenters. The molecule has 110 valence electrons. The third-order valence-electron chi connectivity index (χ3n) is 3.46. The first kappa shape index (κ1) is 15.1. The normalized spacial score (nSPS) is 10.7. The molecule has 0 radical (unpaired) electrons. The lowest BCUT2D eigenvalue weighted by molar-refractivity contribution is 0.0696. The van der Waals surface area contributed by atoms with E-state index >= 15 is 0 Å². The van der Waals surface area contributed by atoms with Gasteiger partial charge in [0.1, 0.15) is 12.4 Å². The Bertz CT molecular complexity index is 627. The molecular weight excluding hydrogens is 264 g/mol. The highest BCUT2D eigenvalue weighted by Gasteiger charge is 2.07. The maximum Gasteiger partial charge on any atom is 0.335 e. The highest BCUT2D eigenvalue weighted by molar-refractivity contribution is 5.88. The molecule has 0 aliphatic heterocycles. The van der Waals surface area contributed by atoms with Crippen molar-refractivity contribution in [3.05, 3.63) is 64.7 Å². The van der Waals surface area contributed by atoms with Gasteiger partial charge in [-0.2, -0.15) is 0 Å². The summed E-state index contributed by atoms with van der Waals surface area (Å²) in [6.45, 7) is 6.66. The quantitative estimate of drug-likeness (QED) is 0.885. The molecule has 0 saturated heterocycles. The summed E-state index contributed by atoms with van der Waals surface area (Å²) < 4.78 is 5.76. The highest BCUT2D eigenvalue weighted by Crippen LogP contribution is 2.21. The van der Waals surface area contributed by atoms with Gasteiger partial charge in [-0.1, -0.05) is 38.1 Å². The maximum atomic E-state index is 10.9. The van der Waals surface area contributed by atoms with Crippen LogP contribution in [0.15, 0.2) is 42.5 Å². The molecule has 0 saturated carbocycles. The summed E-state index contributed by atoms with van der Waals surface area (Å²) in [6.07, 6.45) is 0. The van der Waals surface area contributed by atoms with Crippen molar-refractivity contribution in [2.45, 2.75) is 33.3 Å². The van der Waals surface area contributed by atoms with Crippen LogP contribution < -0.4 is 4.74 Å². The highest BCUT2D eigenvalue weighted by atomic mass is 16.5. The van der Waals surface area contributed by atoms with Crippen LogP contribution in [0.1, 0.15) is 46.8 Å². The van der Waals surface area contributed by atoms with Crippen LogP contribution >= 0.6 is 0 Å². The summed E-state index contributed by atoms with van der Waals surface area (Å²) >= 11 is 0. The van der Waals surface area contributed by atoms with Crippen LogP contribution in [0.25, 0.3) is 0 Å². The average Bonchev–Trinajstić information content (AvgIpc) is 2.46. The zero-order valence-electron chi connectivity index (χ0n) is 12.6. The number of aromatic carboxylic acids is 1. The van der Waals surface area contributed by atoms with Crippen LogP contribution in [0.4, 0.5) is 0 Å². The number of carbonyl (C=O) groups is 1. The van der Waals surface area contributed by atoms with E-state index in [1.165, 1.54) is 5.56 Å². The van der Waals surface area contributed by atoms with Crippen LogP contribution in [-0.4, -0.2) is 11.1 Å². The number of hydrogen-bond acceptors (Lipinski definition) is 2. The Labute approximate surface area is 125 Å². The van der Waals surface area contributed by atoms with E-state index in [4.69, 9.17) is 9.84 Å². The number of benzene rings is 2. The Morgan fingerprint density at radius 3 is 2.33 bits per heavy atom. The van der Waals surface area contributed by atoms with E-state index in [9.17, 15) is 4.79 Å². The van der Waals surface area contributed by atoms with E-state index in [1.54, 1.807) is 18.2 Å². The minimum absolute atomic E-state index is 0.279. The summed E-state index contributed by atoms with van der Waals surface area (Å²) in [5.74, 6) is 0.313. The fourth-order valence-electron chi connectivity index (χ4n) is 2.10. The van der Waals surface area contributed by atoms with Crippen molar-refractivity contribution in [1.82, 2.24) is 0 Å². The molecule has 0 aliphatic rings. The van der Waals surface area contributed by atoms with E-state index in [2.05, 4.69) is 38.1 Å². The summed E-state index contributed by atoms with van der Waals surface area (Å²) in [7, 11) is 0. The SMILES string of the molecule is Cc1cc(C(=O)O)ccc1OCc1ccc(C(C)C)cc1. The van der Waals surface area contributed by atoms with Crippen molar-refractivity contribution >= 4 is 5.97 Å². The molecule has 0 atom stereocenters. The second-order valence-corrected chi connectivity index (χ2v) is 5.47. The molecule has 0 amide bonds. The Morgan fingerprint density at radius 2 is 1.81 bits per heavy atom. The van der Waals surface area contributed by atoms with Gasteiger partial charge < -0.3 is 9.84 Å². The lowest BCUT2D eigenvalue weighted by Gasteiger charge is -2.11. The Kier molecular flexibility index (Phi) is 4.63. The van der Waals surface area contributed by atoms with Gasteiger partial charge in [0.2, 0.25) is 0 Å². The Hall–Kier alpha value is -2.29. The van der Waals surface area contributed by atoms with Gasteiger partial charge >= 0.3 is 5.97 Å². The van der Waals surface area contributed by atoms with Crippen molar-refractivity contribution in [1.29, 1.82) is 0 Å². The third-order valence-corrected chi connectivity index (χ3v) is 3.46. The van der Waals surface area contributed by atoms with E-state index in [-0.39, 0.29) is 5.56 Å². The van der Waals surface area contributed by atoms with Crippen molar-refractivity contribution in [3.63, 3.8) is 0 Å². The summed E-state index contributed by atoms with van der Waals surface area (Å²) in [5, 5.41) is 8.94. The molecule has 0 fully saturated rings. The average molecular weight is 284 g/mol. The van der Waals surface area contributed by atoms with E-state index in [1.807, 2.05) is 6.92 Å². The van der Waals surface area contributed by atoms with Crippen LogP contribution in [0.5, 0.6) is 5.75 Å². The van der Waals surface area contributed by atoms with Gasteiger partial charge in [0, 0.05) is 0 Å². The second kappa shape index (κ2) is 6.44. The zero-order valence-corrected chi connectivity index (χ0v) is 12.6. The summed E-state index contributed by atoms with van der Waals surface area (Å²) in [6, 6.07) is 13.3. The van der Waals surface area contributed by atoms with Crippen LogP contribution in [0.3, 0.4) is 0 Å². The van der Waals surface area contributed by atoms with Gasteiger partial charge in [-0.3, -0.25) is 0 Å². The van der Waals surface area contributed by atoms with Gasteiger partial charge in [-0.05, 0) is 47.7 Å². The molecule has 0 spiro atoms. The van der Waals surface area contributed by atoms with Gasteiger partial charge in [-0.15, -0.1) is 0 Å². The largest absolute Gasteiger partial charge is 0.489 e. The van der Waals surface area contributed by atoms with Crippen molar-refractivity contribution < 1.29 is 14.6 Å². The van der Waals surface area contributed by atoms with Gasteiger partial charge in [0.05, 0.1) is 5.56 Å². The van der Waals surface area contributed by atoms with Gasteiger partial charge in [0.15, 0.2) is 0 Å². The minimum Gasteiger partial charge on any atom is -0.489 e. The molecule has 0 aliphatic carbocycles. The van der Waals surface area contributed by atoms with Gasteiger partial charge in [0.25, 0.3) is 0 Å². The first-order chi connectivity index (χ1) is 9.97. The van der Waals surface area contributed by atoms with Crippen LogP contribution in [0, 0.1) is 6.92 Å². The number of hydrogen-bond donors (Lipinski definition) is 1. The molecule has 1 N–H and O–H groups in total. The van der Waals surface area contributed by atoms with Crippen molar-refractivity contribution in [2.24, 2.45) is 0 Å². The summed E-state index contributed by atoms with van der Waals surface area (Å²) in [4.78, 5) is 10.9. The zero-order chi connectivity index (χ0) is 15.4. The maximum absolute atomic E-state index is 10.9. The smallest absolute Gasteiger partial charge is 0.335 e. The summed E-state index contributed by atoms with van der Waals surface area (Å²) in [5.41, 5.74) is 3.51. The lowest BCUT2D eigenvalue weighted by atomic mass is 10.0. The monoisotopic (exact) mass is 284 g/mol. The van der Waals surface area contributed by atoms with E-state index in [0.717, 1.165) is 11.1 Å². The molecule has 2 aromatic rings. The number of ether oxygens (including phenoxy) is 1. The molecule has 3 heteroatoms. The predicted octanol–water partition coefficient (Wildman–Crippen LogP) is 4.40. The topological polar surface area (TPSA) is 46.5 Å². The predicted molar refractivity (Wildman–Crippen MR) is 83.0 cm³/mol. The first-order valence-electron chi connectivity index (χ1n) is 7.03. The Morgan fingerprint density at radius 1 is 1.14 bits per heavy atom. The fraction of sp³-hybridized carbons (Fsp3) is 0.278. The molecule has 0 heterocycles. The third kappa shape index (κ3) is 3.85. The molecule has 21 heavy (non-hydrogen) atoms. The van der Waals surface area contributed by atoms with Crippen molar-refractivity contribution in [3.8, 4) is 5.75 Å². The number of carboxylic acid groups (broad SMARTS) is 1.